The molecule has 0 nitrogen and oxygen atoms in total. The molecule has 34 heavy (non-hydrogen) atoms. The molecule has 0 saturated heterocycles. The number of benzene rings is 3. The number of rotatable bonds is 8. The summed E-state index contributed by atoms with van der Waals surface area (Å²) < 4.78 is 5.81. The zero-order valence-electron chi connectivity index (χ0n) is 20.9. The fraction of sp³-hybridized carbons (Fsp3) is 0.312. The van der Waals surface area contributed by atoms with Crippen molar-refractivity contribution < 1.29 is 16.6 Å². The van der Waals surface area contributed by atoms with Crippen molar-refractivity contribution in [2.45, 2.75) is 52.8 Å². The van der Waals surface area contributed by atoms with Crippen molar-refractivity contribution in [2.24, 2.45) is 5.92 Å². The summed E-state index contributed by atoms with van der Waals surface area (Å²) in [4.78, 5) is 0. The molecule has 5 rings (SSSR count). The minimum atomic E-state index is -2.69. The normalized spacial score (nSPS) is 18.4. The average molecular weight is 499 g/mol. The topological polar surface area (TPSA) is 0 Å². The van der Waals surface area contributed by atoms with Gasteiger partial charge in [0.15, 0.2) is 0 Å². The van der Waals surface area contributed by atoms with Gasteiger partial charge in [-0.15, -0.1) is 0 Å². The number of hydrogen-bond acceptors (Lipinski definition) is 0. The minimum absolute atomic E-state index is 0.690. The second-order valence-electron chi connectivity index (χ2n) is 10.5. The van der Waals surface area contributed by atoms with Crippen LogP contribution in [0.2, 0.25) is 6.04 Å². The first kappa shape index (κ1) is 23.8. The van der Waals surface area contributed by atoms with Gasteiger partial charge in [0.1, 0.15) is 0 Å². The van der Waals surface area contributed by atoms with Gasteiger partial charge in [-0.25, -0.2) is 0 Å². The average Bonchev–Trinajstić information content (AvgIpc) is 3.18. The number of allylic oxidation sites excluding steroid dienone is 4. The Kier molecular flexibility index (Phi) is 7.54. The molecule has 0 bridgehead atoms. The van der Waals surface area contributed by atoms with Gasteiger partial charge < -0.3 is 0 Å². The van der Waals surface area contributed by atoms with Crippen LogP contribution in [0, 0.1) is 5.92 Å². The number of hydrogen-bond donors (Lipinski definition) is 0. The first-order valence-corrected chi connectivity index (χ1v) is 18.8. The van der Waals surface area contributed by atoms with Gasteiger partial charge in [-0.3, -0.25) is 0 Å². The molecule has 1 unspecified atom stereocenters. The maximum atomic E-state index is 2.54. The summed E-state index contributed by atoms with van der Waals surface area (Å²) in [6, 6.07) is 35.7. The zero-order chi connectivity index (χ0) is 23.4. The van der Waals surface area contributed by atoms with Gasteiger partial charge in [0, 0.05) is 0 Å². The van der Waals surface area contributed by atoms with Crippen LogP contribution >= 0.6 is 0 Å². The molecule has 0 N–H and O–H groups in total. The van der Waals surface area contributed by atoms with Gasteiger partial charge in [-0.05, 0) is 0 Å². The van der Waals surface area contributed by atoms with Crippen LogP contribution in [0.4, 0.5) is 0 Å². The second-order valence-corrected chi connectivity index (χ2v) is 17.6. The van der Waals surface area contributed by atoms with Crippen molar-refractivity contribution in [1.29, 1.82) is 0 Å². The molecule has 2 aliphatic carbocycles. The Hall–Kier alpha value is -1.93. The molecule has 0 aliphatic heterocycles. The van der Waals surface area contributed by atoms with Crippen molar-refractivity contribution in [3.05, 3.63) is 128 Å². The predicted octanol–water partition coefficient (Wildman–Crippen LogP) is 7.30. The van der Waals surface area contributed by atoms with E-state index in [1.54, 1.807) is 16.7 Å². The third-order valence-corrected chi connectivity index (χ3v) is 16.7. The molecule has 0 radical (unpaired) electrons. The Balaban J connectivity index is 1.72. The summed E-state index contributed by atoms with van der Waals surface area (Å²) in [6.07, 6.45) is 5.43. The van der Waals surface area contributed by atoms with E-state index in [2.05, 4.69) is 97.9 Å². The molecule has 0 saturated carbocycles. The van der Waals surface area contributed by atoms with E-state index >= 15 is 0 Å². The van der Waals surface area contributed by atoms with Gasteiger partial charge in [0.25, 0.3) is 0 Å². The van der Waals surface area contributed by atoms with Gasteiger partial charge in [-0.1, -0.05) is 0 Å². The summed E-state index contributed by atoms with van der Waals surface area (Å²) in [5.41, 5.74) is 10.2. The van der Waals surface area contributed by atoms with Crippen LogP contribution < -0.4 is 0 Å². The Morgan fingerprint density at radius 3 is 1.56 bits per heavy atom. The quantitative estimate of drug-likeness (QED) is 0.286. The van der Waals surface area contributed by atoms with Crippen LogP contribution in [0.3, 0.4) is 0 Å². The SMILES string of the molecule is CC1C2=C(CCCC2)[C]([Ti]([CH2]c2ccccc2)([CH2]c2ccccc2)[CH2]c2ccccc2)=C1C[SiH3]. The zero-order valence-corrected chi connectivity index (χ0v) is 24.5. The van der Waals surface area contributed by atoms with Crippen molar-refractivity contribution in [1.82, 2.24) is 0 Å². The summed E-state index contributed by atoms with van der Waals surface area (Å²) in [7, 11) is 1.26. The van der Waals surface area contributed by atoms with E-state index in [4.69, 9.17) is 0 Å². The molecule has 0 spiro atoms. The molecule has 1 atom stereocenters. The van der Waals surface area contributed by atoms with E-state index in [-0.39, 0.29) is 0 Å². The predicted molar refractivity (Wildman–Crippen MR) is 147 cm³/mol. The molecule has 2 heteroatoms. The van der Waals surface area contributed by atoms with Crippen molar-refractivity contribution in [3.8, 4) is 0 Å². The molecule has 2 aliphatic rings. The molecule has 3 aromatic carbocycles. The summed E-state index contributed by atoms with van der Waals surface area (Å²) in [5, 5.41) is 0. The van der Waals surface area contributed by atoms with Gasteiger partial charge in [0.2, 0.25) is 0 Å². The third-order valence-electron chi connectivity index (χ3n) is 8.25. The van der Waals surface area contributed by atoms with E-state index in [0.29, 0.717) is 5.92 Å². The summed E-state index contributed by atoms with van der Waals surface area (Å²) >= 11 is -2.69. The van der Waals surface area contributed by atoms with Crippen LogP contribution in [-0.2, 0) is 30.8 Å². The monoisotopic (exact) mass is 498 g/mol. The second kappa shape index (κ2) is 10.8. The van der Waals surface area contributed by atoms with Gasteiger partial charge >= 0.3 is 214 Å². The fourth-order valence-corrected chi connectivity index (χ4v) is 17.7. The van der Waals surface area contributed by atoms with Crippen LogP contribution in [0.5, 0.6) is 0 Å². The fourth-order valence-electron chi connectivity index (χ4n) is 6.87. The van der Waals surface area contributed by atoms with Crippen LogP contribution in [0.15, 0.2) is 112 Å². The van der Waals surface area contributed by atoms with E-state index < -0.39 is 16.6 Å². The van der Waals surface area contributed by atoms with E-state index in [1.807, 2.05) is 20.6 Å². The Labute approximate surface area is 213 Å². The Bertz CT molecular complexity index is 1060. The van der Waals surface area contributed by atoms with Crippen LogP contribution in [0.1, 0.15) is 49.3 Å². The molecular formula is C32H38SiTi. The molecule has 0 fully saturated rings. The molecule has 174 valence electrons. The van der Waals surface area contributed by atoms with Gasteiger partial charge in [-0.2, -0.15) is 0 Å². The van der Waals surface area contributed by atoms with Crippen molar-refractivity contribution in [2.75, 3.05) is 0 Å². The third kappa shape index (κ3) is 4.89. The standard InChI is InChI=1S/C11H17Si.3C7H7.Ti/c1-8-10(7-12)6-9-4-2-3-5-11(8)9;3*1-7-5-3-2-4-6-7;/h8H,2-5,7H2,1,12H3;3*2-6H,1H2;. The van der Waals surface area contributed by atoms with Crippen molar-refractivity contribution >= 4 is 10.2 Å². The molecule has 0 amide bonds. The Morgan fingerprint density at radius 2 is 1.12 bits per heavy atom. The molecule has 0 heterocycles. The van der Waals surface area contributed by atoms with Crippen LogP contribution in [0.25, 0.3) is 0 Å². The van der Waals surface area contributed by atoms with E-state index in [1.165, 1.54) is 56.1 Å². The Morgan fingerprint density at radius 1 is 0.676 bits per heavy atom. The molecule has 3 aromatic rings. The van der Waals surface area contributed by atoms with Crippen molar-refractivity contribution in [3.63, 3.8) is 0 Å². The van der Waals surface area contributed by atoms with E-state index in [0.717, 1.165) is 0 Å². The summed E-state index contributed by atoms with van der Waals surface area (Å²) in [6.45, 7) is 2.54. The first-order valence-electron chi connectivity index (χ1n) is 13.3. The van der Waals surface area contributed by atoms with E-state index in [9.17, 15) is 0 Å². The summed E-state index contributed by atoms with van der Waals surface area (Å²) in [5.74, 6) is 0.690. The van der Waals surface area contributed by atoms with Crippen LogP contribution in [-0.4, -0.2) is 10.2 Å². The maximum absolute atomic E-state index is 2.69. The molecular weight excluding hydrogens is 460 g/mol. The first-order chi connectivity index (χ1) is 16.7. The van der Waals surface area contributed by atoms with Gasteiger partial charge in [0.05, 0.1) is 0 Å². The molecule has 0 aromatic heterocycles.